The fourth-order valence-corrected chi connectivity index (χ4v) is 3.27. The lowest BCUT2D eigenvalue weighted by Gasteiger charge is -2.12. The first-order chi connectivity index (χ1) is 15.5. The Balaban J connectivity index is 1.41. The van der Waals surface area contributed by atoms with Gasteiger partial charge in [-0.15, -0.1) is 0 Å². The molecule has 0 unspecified atom stereocenters. The fourth-order valence-electron chi connectivity index (χ4n) is 3.27. The molecule has 0 spiro atoms. The Hall–Kier alpha value is -4.07. The van der Waals surface area contributed by atoms with Crippen LogP contribution in [0.2, 0.25) is 0 Å². The molecule has 8 nitrogen and oxygen atoms in total. The third-order valence-corrected chi connectivity index (χ3v) is 5.12. The molecule has 0 fully saturated rings. The Labute approximate surface area is 185 Å². The number of ether oxygens (including phenoxy) is 2. The van der Waals surface area contributed by atoms with E-state index < -0.39 is 0 Å². The zero-order valence-corrected chi connectivity index (χ0v) is 18.2. The molecule has 4 aromatic rings. The molecule has 32 heavy (non-hydrogen) atoms. The Bertz CT molecular complexity index is 1180. The van der Waals surface area contributed by atoms with E-state index in [0.29, 0.717) is 35.1 Å². The number of imidazole rings is 1. The van der Waals surface area contributed by atoms with Crippen molar-refractivity contribution in [3.63, 3.8) is 0 Å². The summed E-state index contributed by atoms with van der Waals surface area (Å²) in [7, 11) is 1.54. The zero-order valence-electron chi connectivity index (χ0n) is 18.2. The van der Waals surface area contributed by atoms with Crippen molar-refractivity contribution in [3.05, 3.63) is 89.3 Å². The first kappa shape index (κ1) is 21.2. The van der Waals surface area contributed by atoms with E-state index >= 15 is 0 Å². The molecule has 0 aliphatic heterocycles. The van der Waals surface area contributed by atoms with E-state index in [1.165, 1.54) is 0 Å². The highest BCUT2D eigenvalue weighted by atomic mass is 16.5. The van der Waals surface area contributed by atoms with E-state index in [1.807, 2.05) is 48.9 Å². The number of hydrogen-bond acceptors (Lipinski definition) is 6. The number of aromatic nitrogens is 3. The number of anilines is 1. The minimum absolute atomic E-state index is 0.233. The van der Waals surface area contributed by atoms with Crippen LogP contribution in [0, 0.1) is 13.8 Å². The number of nitrogens with zero attached hydrogens (tertiary/aromatic N) is 3. The largest absolute Gasteiger partial charge is 0.493 e. The summed E-state index contributed by atoms with van der Waals surface area (Å²) in [4.78, 5) is 16.8. The molecule has 2 heterocycles. The molecular formula is C24H24N4O4. The maximum absolute atomic E-state index is 12.7. The Morgan fingerprint density at radius 1 is 1.12 bits per heavy atom. The van der Waals surface area contributed by atoms with E-state index in [1.54, 1.807) is 37.8 Å². The van der Waals surface area contributed by atoms with Crippen LogP contribution in [-0.4, -0.2) is 27.7 Å². The molecule has 0 aliphatic rings. The highest BCUT2D eigenvalue weighted by molar-refractivity contribution is 6.04. The first-order valence-electron chi connectivity index (χ1n) is 10.1. The number of carbonyl (C=O) groups is 1. The molecule has 0 aliphatic carbocycles. The molecular weight excluding hydrogens is 408 g/mol. The van der Waals surface area contributed by atoms with Crippen LogP contribution in [-0.2, 0) is 13.2 Å². The van der Waals surface area contributed by atoms with Gasteiger partial charge >= 0.3 is 0 Å². The summed E-state index contributed by atoms with van der Waals surface area (Å²) in [5.41, 5.74) is 3.97. The number of rotatable bonds is 8. The third-order valence-electron chi connectivity index (χ3n) is 5.12. The van der Waals surface area contributed by atoms with Crippen LogP contribution < -0.4 is 14.8 Å². The number of methoxy groups -OCH3 is 1. The van der Waals surface area contributed by atoms with Crippen molar-refractivity contribution in [2.45, 2.75) is 27.0 Å². The molecule has 0 saturated carbocycles. The van der Waals surface area contributed by atoms with Gasteiger partial charge in [0, 0.05) is 30.2 Å². The Morgan fingerprint density at radius 3 is 2.59 bits per heavy atom. The third kappa shape index (κ3) is 4.80. The summed E-state index contributed by atoms with van der Waals surface area (Å²) < 4.78 is 18.5. The zero-order chi connectivity index (χ0) is 22.5. The van der Waals surface area contributed by atoms with Gasteiger partial charge in [0.15, 0.2) is 11.5 Å². The highest BCUT2D eigenvalue weighted by Crippen LogP contribution is 2.30. The van der Waals surface area contributed by atoms with Crippen LogP contribution in [0.15, 0.2) is 65.7 Å². The van der Waals surface area contributed by atoms with Crippen molar-refractivity contribution in [2.75, 3.05) is 12.4 Å². The normalized spacial score (nSPS) is 10.7. The number of benzene rings is 2. The van der Waals surface area contributed by atoms with Crippen molar-refractivity contribution < 1.29 is 18.8 Å². The number of aryl methyl sites for hydroxylation is 2. The second-order valence-corrected chi connectivity index (χ2v) is 7.34. The highest BCUT2D eigenvalue weighted by Gasteiger charge is 2.14. The molecule has 1 amide bonds. The van der Waals surface area contributed by atoms with E-state index in [-0.39, 0.29) is 5.91 Å². The topological polar surface area (TPSA) is 91.4 Å². The second-order valence-electron chi connectivity index (χ2n) is 7.34. The lowest BCUT2D eigenvalue weighted by molar-refractivity contribution is 0.102. The first-order valence-corrected chi connectivity index (χ1v) is 10.1. The van der Waals surface area contributed by atoms with Crippen molar-refractivity contribution in [3.8, 4) is 11.5 Å². The van der Waals surface area contributed by atoms with E-state index in [2.05, 4.69) is 15.5 Å². The number of hydrogen-bond donors (Lipinski definition) is 1. The van der Waals surface area contributed by atoms with Gasteiger partial charge in [-0.25, -0.2) is 4.98 Å². The molecule has 1 N–H and O–H groups in total. The van der Waals surface area contributed by atoms with Crippen molar-refractivity contribution in [2.24, 2.45) is 0 Å². The molecule has 4 rings (SSSR count). The van der Waals surface area contributed by atoms with Gasteiger partial charge in [-0.3, -0.25) is 4.79 Å². The summed E-state index contributed by atoms with van der Waals surface area (Å²) in [5.74, 6) is 1.49. The second kappa shape index (κ2) is 9.38. The minimum atomic E-state index is -0.233. The fraction of sp³-hybridized carbons (Fsp3) is 0.208. The lowest BCUT2D eigenvalue weighted by Crippen LogP contribution is -2.12. The summed E-state index contributed by atoms with van der Waals surface area (Å²) in [6.45, 7) is 4.73. The van der Waals surface area contributed by atoms with Crippen molar-refractivity contribution in [1.82, 2.24) is 14.7 Å². The minimum Gasteiger partial charge on any atom is -0.493 e. The van der Waals surface area contributed by atoms with Gasteiger partial charge in [-0.05, 0) is 49.7 Å². The van der Waals surface area contributed by atoms with Crippen LogP contribution in [0.1, 0.15) is 32.9 Å². The molecule has 164 valence electrons. The molecule has 0 atom stereocenters. The van der Waals surface area contributed by atoms with Gasteiger partial charge in [0.25, 0.3) is 5.91 Å². The van der Waals surface area contributed by atoms with E-state index in [4.69, 9.17) is 14.0 Å². The molecule has 8 heteroatoms. The standard InChI is InChI=1S/C24H24N4O4/c1-16-21(17(2)32-27-16)14-31-22-9-6-19(12-23(22)30-3)24(29)26-20-7-4-18(5-8-20)13-28-11-10-25-15-28/h4-12,15H,13-14H2,1-3H3,(H,26,29). The van der Waals surface area contributed by atoms with Crippen LogP contribution in [0.25, 0.3) is 0 Å². The van der Waals surface area contributed by atoms with Crippen LogP contribution in [0.3, 0.4) is 0 Å². The maximum Gasteiger partial charge on any atom is 0.255 e. The van der Waals surface area contributed by atoms with Crippen molar-refractivity contribution in [1.29, 1.82) is 0 Å². The van der Waals surface area contributed by atoms with E-state index in [0.717, 1.165) is 23.4 Å². The van der Waals surface area contributed by atoms with Gasteiger partial charge in [0.1, 0.15) is 12.4 Å². The molecule has 0 saturated heterocycles. The smallest absolute Gasteiger partial charge is 0.255 e. The molecule has 2 aromatic heterocycles. The predicted molar refractivity (Wildman–Crippen MR) is 119 cm³/mol. The molecule has 0 radical (unpaired) electrons. The van der Waals surface area contributed by atoms with Crippen LogP contribution in [0.4, 0.5) is 5.69 Å². The van der Waals surface area contributed by atoms with Gasteiger partial charge in [-0.2, -0.15) is 0 Å². The predicted octanol–water partition coefficient (Wildman–Crippen LogP) is 4.38. The average molecular weight is 432 g/mol. The number of amides is 1. The Kier molecular flexibility index (Phi) is 6.21. The maximum atomic E-state index is 12.7. The summed E-state index contributed by atoms with van der Waals surface area (Å²) in [6.07, 6.45) is 5.42. The lowest BCUT2D eigenvalue weighted by atomic mass is 10.1. The van der Waals surface area contributed by atoms with E-state index in [9.17, 15) is 4.79 Å². The molecule has 2 aromatic carbocycles. The van der Waals surface area contributed by atoms with Crippen LogP contribution >= 0.6 is 0 Å². The quantitative estimate of drug-likeness (QED) is 0.444. The molecule has 0 bridgehead atoms. The number of carbonyl (C=O) groups excluding carboxylic acids is 1. The monoisotopic (exact) mass is 432 g/mol. The van der Waals surface area contributed by atoms with Gasteiger partial charge in [0.2, 0.25) is 0 Å². The summed E-state index contributed by atoms with van der Waals surface area (Å²) in [5, 5.41) is 6.84. The SMILES string of the molecule is COc1cc(C(=O)Nc2ccc(Cn3ccnc3)cc2)ccc1OCc1c(C)noc1C. The number of nitrogens with one attached hydrogen (secondary N) is 1. The van der Waals surface area contributed by atoms with Gasteiger partial charge in [-0.1, -0.05) is 17.3 Å². The van der Waals surface area contributed by atoms with Gasteiger partial charge in [0.05, 0.1) is 24.7 Å². The van der Waals surface area contributed by atoms with Crippen molar-refractivity contribution >= 4 is 11.6 Å². The summed E-state index contributed by atoms with van der Waals surface area (Å²) >= 11 is 0. The Morgan fingerprint density at radius 2 is 1.94 bits per heavy atom. The van der Waals surface area contributed by atoms with Gasteiger partial charge < -0.3 is 23.9 Å². The summed E-state index contributed by atoms with van der Waals surface area (Å²) in [6, 6.07) is 12.8. The van der Waals surface area contributed by atoms with Crippen LogP contribution in [0.5, 0.6) is 11.5 Å². The average Bonchev–Trinajstić information content (AvgIpc) is 3.43.